The van der Waals surface area contributed by atoms with E-state index in [4.69, 9.17) is 9.47 Å². The normalized spacial score (nSPS) is 11.4. The van der Waals surface area contributed by atoms with Crippen molar-refractivity contribution >= 4 is 11.5 Å². The Hall–Kier alpha value is -2.51. The second kappa shape index (κ2) is 10.1. The predicted octanol–water partition coefficient (Wildman–Crippen LogP) is 5.62. The Morgan fingerprint density at radius 3 is 2.32 bits per heavy atom. The zero-order chi connectivity index (χ0) is 20.6. The van der Waals surface area contributed by atoms with Gasteiger partial charge in [0.15, 0.2) is 5.82 Å². The Morgan fingerprint density at radius 2 is 1.71 bits per heavy atom. The van der Waals surface area contributed by atoms with Crippen LogP contribution in [0.15, 0.2) is 30.5 Å². The molecule has 0 unspecified atom stereocenters. The highest BCUT2D eigenvalue weighted by Crippen LogP contribution is 2.38. The molecule has 0 aliphatic heterocycles. The van der Waals surface area contributed by atoms with Gasteiger partial charge in [0.1, 0.15) is 11.3 Å². The summed E-state index contributed by atoms with van der Waals surface area (Å²) in [6.07, 6.45) is 0.179. The Morgan fingerprint density at radius 1 is 1.00 bits per heavy atom. The largest absolute Gasteiger partial charge is 0.494 e. The fraction of sp³-hybridized carbons (Fsp3) is 0.500. The number of ether oxygens (including phenoxy) is 2. The van der Waals surface area contributed by atoms with Gasteiger partial charge >= 0.3 is 12.2 Å². The lowest BCUT2D eigenvalue weighted by atomic mass is 10.2. The molecule has 0 spiro atoms. The van der Waals surface area contributed by atoms with Gasteiger partial charge in [-0.3, -0.25) is 0 Å². The van der Waals surface area contributed by atoms with E-state index < -0.39 is 11.7 Å². The number of halogens is 3. The summed E-state index contributed by atoms with van der Waals surface area (Å²) in [6, 6.07) is 6.71. The predicted molar refractivity (Wildman–Crippen MR) is 102 cm³/mol. The highest BCUT2D eigenvalue weighted by molar-refractivity contribution is 5.63. The third-order valence-corrected chi connectivity index (χ3v) is 4.13. The van der Waals surface area contributed by atoms with Crippen LogP contribution in [0, 0.1) is 0 Å². The van der Waals surface area contributed by atoms with Crippen molar-refractivity contribution in [2.45, 2.75) is 45.7 Å². The number of hydrogen-bond donors (Lipinski definition) is 0. The van der Waals surface area contributed by atoms with Crippen molar-refractivity contribution in [2.75, 3.05) is 25.2 Å². The fourth-order valence-corrected chi connectivity index (χ4v) is 2.63. The van der Waals surface area contributed by atoms with Gasteiger partial charge in [0, 0.05) is 18.9 Å². The van der Waals surface area contributed by atoms with Gasteiger partial charge < -0.3 is 14.4 Å². The van der Waals surface area contributed by atoms with Crippen LogP contribution in [0.5, 0.6) is 11.8 Å². The van der Waals surface area contributed by atoms with E-state index >= 15 is 0 Å². The SMILES string of the molecule is CCCCCCOc1ncc(C(F)(F)F)c(N(C)c2ccc(OCC)cc2)n1. The van der Waals surface area contributed by atoms with Crippen LogP contribution in [0.2, 0.25) is 0 Å². The average Bonchev–Trinajstić information content (AvgIpc) is 2.67. The van der Waals surface area contributed by atoms with Crippen molar-refractivity contribution in [1.29, 1.82) is 0 Å². The number of unbranched alkanes of at least 4 members (excludes halogenated alkanes) is 3. The third kappa shape index (κ3) is 6.00. The zero-order valence-electron chi connectivity index (χ0n) is 16.4. The number of alkyl halides is 3. The Labute approximate surface area is 163 Å². The second-order valence-electron chi connectivity index (χ2n) is 6.28. The number of rotatable bonds is 10. The molecule has 0 saturated heterocycles. The minimum absolute atomic E-state index is 0.0581. The summed E-state index contributed by atoms with van der Waals surface area (Å²) in [6.45, 7) is 4.85. The first-order valence-electron chi connectivity index (χ1n) is 9.40. The van der Waals surface area contributed by atoms with E-state index in [2.05, 4.69) is 16.9 Å². The summed E-state index contributed by atoms with van der Waals surface area (Å²) in [5.74, 6) is 0.393. The van der Waals surface area contributed by atoms with Gasteiger partial charge in [-0.25, -0.2) is 4.98 Å². The first-order valence-corrected chi connectivity index (χ1v) is 9.40. The number of aromatic nitrogens is 2. The lowest BCUT2D eigenvalue weighted by Gasteiger charge is -2.22. The van der Waals surface area contributed by atoms with Gasteiger partial charge in [0.05, 0.1) is 13.2 Å². The van der Waals surface area contributed by atoms with Gasteiger partial charge in [-0.05, 0) is 37.6 Å². The second-order valence-corrected chi connectivity index (χ2v) is 6.28. The molecule has 0 N–H and O–H groups in total. The monoisotopic (exact) mass is 397 g/mol. The molecular weight excluding hydrogens is 371 g/mol. The molecule has 0 atom stereocenters. The zero-order valence-corrected chi connectivity index (χ0v) is 16.4. The standard InChI is InChI=1S/C20H26F3N3O2/c1-4-6-7-8-13-28-19-24-14-17(20(21,22)23)18(25-19)26(3)15-9-11-16(12-10-15)27-5-2/h9-12,14H,4-8,13H2,1-3H3. The molecular formula is C20H26F3N3O2. The summed E-state index contributed by atoms with van der Waals surface area (Å²) in [4.78, 5) is 9.14. The molecule has 154 valence electrons. The van der Waals surface area contributed by atoms with E-state index in [-0.39, 0.29) is 11.8 Å². The first-order chi connectivity index (χ1) is 13.4. The molecule has 0 aliphatic rings. The number of benzene rings is 1. The minimum atomic E-state index is -4.57. The molecule has 1 aromatic heterocycles. The molecule has 8 heteroatoms. The van der Waals surface area contributed by atoms with Crippen molar-refractivity contribution in [3.8, 4) is 11.8 Å². The van der Waals surface area contributed by atoms with Crippen LogP contribution in [0.3, 0.4) is 0 Å². The summed E-state index contributed by atoms with van der Waals surface area (Å²) >= 11 is 0. The molecule has 0 bridgehead atoms. The van der Waals surface area contributed by atoms with Crippen molar-refractivity contribution < 1.29 is 22.6 Å². The van der Waals surface area contributed by atoms with E-state index in [1.54, 1.807) is 24.3 Å². The number of anilines is 2. The van der Waals surface area contributed by atoms with Crippen molar-refractivity contribution in [2.24, 2.45) is 0 Å². The highest BCUT2D eigenvalue weighted by Gasteiger charge is 2.36. The molecule has 1 aromatic carbocycles. The minimum Gasteiger partial charge on any atom is -0.494 e. The third-order valence-electron chi connectivity index (χ3n) is 4.13. The van der Waals surface area contributed by atoms with Gasteiger partial charge in [-0.2, -0.15) is 18.2 Å². The number of nitrogens with zero attached hydrogens (tertiary/aromatic N) is 3. The molecule has 28 heavy (non-hydrogen) atoms. The molecule has 1 heterocycles. The van der Waals surface area contributed by atoms with Gasteiger partial charge in [-0.1, -0.05) is 26.2 Å². The Balaban J connectivity index is 2.23. The highest BCUT2D eigenvalue weighted by atomic mass is 19.4. The lowest BCUT2D eigenvalue weighted by molar-refractivity contribution is -0.137. The molecule has 0 radical (unpaired) electrons. The van der Waals surface area contributed by atoms with Crippen LogP contribution in [0.25, 0.3) is 0 Å². The van der Waals surface area contributed by atoms with E-state index in [1.807, 2.05) is 6.92 Å². The maximum Gasteiger partial charge on any atom is 0.421 e. The van der Waals surface area contributed by atoms with Crippen LogP contribution in [0.1, 0.15) is 45.1 Å². The molecule has 5 nitrogen and oxygen atoms in total. The van der Waals surface area contributed by atoms with Gasteiger partial charge in [0.25, 0.3) is 0 Å². The summed E-state index contributed by atoms with van der Waals surface area (Å²) in [7, 11) is 1.53. The van der Waals surface area contributed by atoms with Crippen LogP contribution < -0.4 is 14.4 Å². The quantitative estimate of drug-likeness (QED) is 0.487. The maximum absolute atomic E-state index is 13.4. The van der Waals surface area contributed by atoms with E-state index in [0.29, 0.717) is 24.7 Å². The summed E-state index contributed by atoms with van der Waals surface area (Å²) in [5.41, 5.74) is -0.372. The average molecular weight is 397 g/mol. The molecule has 2 rings (SSSR count). The van der Waals surface area contributed by atoms with Crippen molar-refractivity contribution in [3.63, 3.8) is 0 Å². The molecule has 0 aliphatic carbocycles. The topological polar surface area (TPSA) is 47.5 Å². The Kier molecular flexibility index (Phi) is 7.90. The molecule has 0 amide bonds. The fourth-order valence-electron chi connectivity index (χ4n) is 2.63. The molecule has 0 fully saturated rings. The number of hydrogen-bond acceptors (Lipinski definition) is 5. The van der Waals surface area contributed by atoms with Gasteiger partial charge in [-0.15, -0.1) is 0 Å². The van der Waals surface area contributed by atoms with Crippen LogP contribution in [-0.2, 0) is 6.18 Å². The molecule has 2 aromatic rings. The summed E-state index contributed by atoms with van der Waals surface area (Å²) < 4.78 is 51.2. The lowest BCUT2D eigenvalue weighted by Crippen LogP contribution is -2.19. The summed E-state index contributed by atoms with van der Waals surface area (Å²) in [5, 5.41) is 0. The Bertz CT molecular complexity index is 736. The maximum atomic E-state index is 13.4. The van der Waals surface area contributed by atoms with Crippen LogP contribution >= 0.6 is 0 Å². The van der Waals surface area contributed by atoms with Crippen LogP contribution in [0.4, 0.5) is 24.7 Å². The van der Waals surface area contributed by atoms with Crippen molar-refractivity contribution in [3.05, 3.63) is 36.0 Å². The molecule has 0 saturated carbocycles. The van der Waals surface area contributed by atoms with E-state index in [9.17, 15) is 13.2 Å². The van der Waals surface area contributed by atoms with Gasteiger partial charge in [0.2, 0.25) is 0 Å². The van der Waals surface area contributed by atoms with E-state index in [0.717, 1.165) is 31.9 Å². The van der Waals surface area contributed by atoms with Crippen LogP contribution in [-0.4, -0.2) is 30.2 Å². The van der Waals surface area contributed by atoms with E-state index in [1.165, 1.54) is 11.9 Å². The van der Waals surface area contributed by atoms with Crippen molar-refractivity contribution in [1.82, 2.24) is 9.97 Å². The first kappa shape index (κ1) is 21.8. The smallest absolute Gasteiger partial charge is 0.421 e.